The average molecular weight is 417 g/mol. The van der Waals surface area contributed by atoms with Gasteiger partial charge in [0.2, 0.25) is 11.8 Å². The van der Waals surface area contributed by atoms with Gasteiger partial charge in [-0.15, -0.1) is 0 Å². The summed E-state index contributed by atoms with van der Waals surface area (Å²) in [6, 6.07) is 7.45. The van der Waals surface area contributed by atoms with E-state index < -0.39 is 0 Å². The van der Waals surface area contributed by atoms with E-state index in [9.17, 15) is 14.4 Å². The number of nitrogens with one attached hydrogen (secondary N) is 1. The van der Waals surface area contributed by atoms with Crippen molar-refractivity contribution in [2.24, 2.45) is 11.7 Å². The lowest BCUT2D eigenvalue weighted by Crippen LogP contribution is -2.35. The van der Waals surface area contributed by atoms with Gasteiger partial charge in [0.05, 0.1) is 16.7 Å². The van der Waals surface area contributed by atoms with Crippen LogP contribution in [0.1, 0.15) is 45.4 Å². The predicted octanol–water partition coefficient (Wildman–Crippen LogP) is 2.45. The van der Waals surface area contributed by atoms with E-state index in [1.165, 1.54) is 24.6 Å². The summed E-state index contributed by atoms with van der Waals surface area (Å²) < 4.78 is 1.65. The first-order valence-electron chi connectivity index (χ1n) is 10.2. The third-order valence-electron chi connectivity index (χ3n) is 5.18. The fraction of sp³-hybridized carbons (Fsp3) is 0.524. The molecule has 3 rings (SSSR count). The standard InChI is InChI=1S/C21H28N4O3S/c1-14(15-10-11-15)23-19(27)13-29-21-24-17-8-5-4-7-16(17)20(28)25(21)12-6-2-3-9-18(22)26/h4-5,7-8,14-15H,2-3,6,9-13H2,1H3,(H2,22,26)(H,23,27)/t14-/m0/s1. The Morgan fingerprint density at radius 3 is 2.76 bits per heavy atom. The SMILES string of the molecule is C[C@H](NC(=O)CSc1nc2ccccc2c(=O)n1CCCCCC(N)=O)C1CC1. The van der Waals surface area contributed by atoms with E-state index in [0.29, 0.717) is 41.4 Å². The number of thioether (sulfide) groups is 1. The molecule has 156 valence electrons. The van der Waals surface area contributed by atoms with Gasteiger partial charge in [-0.2, -0.15) is 0 Å². The lowest BCUT2D eigenvalue weighted by atomic mass is 10.2. The molecule has 1 aliphatic carbocycles. The monoisotopic (exact) mass is 416 g/mol. The molecule has 1 aromatic heterocycles. The molecule has 1 heterocycles. The van der Waals surface area contributed by atoms with Gasteiger partial charge < -0.3 is 11.1 Å². The minimum Gasteiger partial charge on any atom is -0.370 e. The normalized spacial score (nSPS) is 14.7. The highest BCUT2D eigenvalue weighted by atomic mass is 32.2. The van der Waals surface area contributed by atoms with Gasteiger partial charge in [-0.05, 0) is 50.7 Å². The summed E-state index contributed by atoms with van der Waals surface area (Å²) in [4.78, 5) is 40.8. The highest BCUT2D eigenvalue weighted by Crippen LogP contribution is 2.32. The van der Waals surface area contributed by atoms with Crippen LogP contribution in [0.2, 0.25) is 0 Å². The van der Waals surface area contributed by atoms with Crippen molar-refractivity contribution in [3.63, 3.8) is 0 Å². The van der Waals surface area contributed by atoms with Crippen molar-refractivity contribution in [1.82, 2.24) is 14.9 Å². The molecule has 2 amide bonds. The number of unbranched alkanes of at least 4 members (excludes halogenated alkanes) is 2. The second-order valence-corrected chi connectivity index (χ2v) is 8.57. The van der Waals surface area contributed by atoms with Crippen molar-refractivity contribution in [2.75, 3.05) is 5.75 Å². The Morgan fingerprint density at radius 1 is 1.28 bits per heavy atom. The third-order valence-corrected chi connectivity index (χ3v) is 6.16. The molecule has 3 N–H and O–H groups in total. The van der Waals surface area contributed by atoms with Gasteiger partial charge in [-0.25, -0.2) is 4.98 Å². The van der Waals surface area contributed by atoms with E-state index >= 15 is 0 Å². The largest absolute Gasteiger partial charge is 0.370 e. The number of amides is 2. The van der Waals surface area contributed by atoms with Crippen molar-refractivity contribution in [2.45, 2.75) is 63.2 Å². The molecule has 0 bridgehead atoms. The number of para-hydroxylation sites is 1. The van der Waals surface area contributed by atoms with Gasteiger partial charge in [0.25, 0.3) is 5.56 Å². The summed E-state index contributed by atoms with van der Waals surface area (Å²) in [7, 11) is 0. The number of rotatable bonds is 11. The van der Waals surface area contributed by atoms with E-state index in [-0.39, 0.29) is 29.2 Å². The summed E-state index contributed by atoms with van der Waals surface area (Å²) in [6.45, 7) is 2.54. The first-order chi connectivity index (χ1) is 14.0. The summed E-state index contributed by atoms with van der Waals surface area (Å²) in [5, 5.41) is 4.16. The van der Waals surface area contributed by atoms with Crippen molar-refractivity contribution in [1.29, 1.82) is 0 Å². The second kappa shape index (κ2) is 9.91. The highest BCUT2D eigenvalue weighted by molar-refractivity contribution is 7.99. The fourth-order valence-corrected chi connectivity index (χ4v) is 4.18. The Hall–Kier alpha value is -2.35. The van der Waals surface area contributed by atoms with Crippen molar-refractivity contribution >= 4 is 34.5 Å². The van der Waals surface area contributed by atoms with E-state index in [1.54, 1.807) is 10.6 Å². The highest BCUT2D eigenvalue weighted by Gasteiger charge is 2.28. The summed E-state index contributed by atoms with van der Waals surface area (Å²) >= 11 is 1.29. The molecule has 0 spiro atoms. The molecule has 2 aromatic rings. The fourth-order valence-electron chi connectivity index (χ4n) is 3.34. The van der Waals surface area contributed by atoms with Crippen LogP contribution in [0, 0.1) is 5.92 Å². The molecule has 1 atom stereocenters. The quantitative estimate of drug-likeness (QED) is 0.332. The van der Waals surface area contributed by atoms with E-state index in [0.717, 1.165) is 12.8 Å². The van der Waals surface area contributed by atoms with E-state index in [4.69, 9.17) is 5.73 Å². The Balaban J connectivity index is 1.70. The van der Waals surface area contributed by atoms with Crippen LogP contribution in [0.5, 0.6) is 0 Å². The van der Waals surface area contributed by atoms with Crippen LogP contribution in [0.25, 0.3) is 10.9 Å². The molecule has 1 saturated carbocycles. The van der Waals surface area contributed by atoms with Gasteiger partial charge in [-0.3, -0.25) is 19.0 Å². The lowest BCUT2D eigenvalue weighted by molar-refractivity contribution is -0.119. The van der Waals surface area contributed by atoms with E-state index in [2.05, 4.69) is 10.3 Å². The van der Waals surface area contributed by atoms with Gasteiger partial charge in [-0.1, -0.05) is 30.3 Å². The average Bonchev–Trinajstić information content (AvgIpc) is 3.53. The maximum Gasteiger partial charge on any atom is 0.262 e. The molecule has 0 aliphatic heterocycles. The number of hydrogen-bond donors (Lipinski definition) is 2. The maximum atomic E-state index is 13.0. The smallest absolute Gasteiger partial charge is 0.262 e. The second-order valence-electron chi connectivity index (χ2n) is 7.63. The summed E-state index contributed by atoms with van der Waals surface area (Å²) in [5.74, 6) is 0.479. The van der Waals surface area contributed by atoms with Crippen molar-refractivity contribution < 1.29 is 9.59 Å². The maximum absolute atomic E-state index is 13.0. The Labute approximate surface area is 174 Å². The van der Waals surface area contributed by atoms with Gasteiger partial charge in [0.1, 0.15) is 0 Å². The number of benzene rings is 1. The number of hydrogen-bond acceptors (Lipinski definition) is 5. The molecular weight excluding hydrogens is 388 g/mol. The molecule has 0 radical (unpaired) electrons. The van der Waals surface area contributed by atoms with Crippen LogP contribution in [-0.4, -0.2) is 33.2 Å². The molecule has 7 nitrogen and oxygen atoms in total. The molecule has 8 heteroatoms. The lowest BCUT2D eigenvalue weighted by Gasteiger charge is -2.15. The zero-order valence-electron chi connectivity index (χ0n) is 16.7. The zero-order valence-corrected chi connectivity index (χ0v) is 17.5. The Morgan fingerprint density at radius 2 is 2.03 bits per heavy atom. The minimum absolute atomic E-state index is 0.0372. The number of carbonyl (C=O) groups excluding carboxylic acids is 2. The third kappa shape index (κ3) is 6.06. The molecule has 1 aromatic carbocycles. The molecule has 29 heavy (non-hydrogen) atoms. The molecule has 1 fully saturated rings. The molecule has 0 saturated heterocycles. The van der Waals surface area contributed by atoms with Crippen LogP contribution in [0.15, 0.2) is 34.2 Å². The van der Waals surface area contributed by atoms with Gasteiger partial charge >= 0.3 is 0 Å². The first-order valence-corrected chi connectivity index (χ1v) is 11.1. The summed E-state index contributed by atoms with van der Waals surface area (Å²) in [6.07, 6.45) is 4.95. The number of carbonyl (C=O) groups is 2. The number of nitrogens with zero attached hydrogens (tertiary/aromatic N) is 2. The predicted molar refractivity (Wildman–Crippen MR) is 115 cm³/mol. The van der Waals surface area contributed by atoms with Crippen LogP contribution in [0.4, 0.5) is 0 Å². The first kappa shape index (κ1) is 21.4. The topological polar surface area (TPSA) is 107 Å². The molecule has 1 aliphatic rings. The number of primary amides is 1. The number of fused-ring (bicyclic) bond motifs is 1. The van der Waals surface area contributed by atoms with Crippen LogP contribution < -0.4 is 16.6 Å². The van der Waals surface area contributed by atoms with Crippen molar-refractivity contribution in [3.05, 3.63) is 34.6 Å². The van der Waals surface area contributed by atoms with Gasteiger partial charge in [0, 0.05) is 19.0 Å². The Kier molecular flexibility index (Phi) is 7.30. The number of aromatic nitrogens is 2. The van der Waals surface area contributed by atoms with Gasteiger partial charge in [0.15, 0.2) is 5.16 Å². The minimum atomic E-state index is -0.308. The zero-order chi connectivity index (χ0) is 20.8. The van der Waals surface area contributed by atoms with Crippen molar-refractivity contribution in [3.8, 4) is 0 Å². The van der Waals surface area contributed by atoms with Crippen LogP contribution in [0.3, 0.4) is 0 Å². The molecular formula is C21H28N4O3S. The number of nitrogens with two attached hydrogens (primary N) is 1. The molecule has 0 unspecified atom stereocenters. The Bertz CT molecular complexity index is 939. The summed E-state index contributed by atoms with van der Waals surface area (Å²) in [5.41, 5.74) is 5.71. The van der Waals surface area contributed by atoms with Crippen LogP contribution >= 0.6 is 11.8 Å². The van der Waals surface area contributed by atoms with E-state index in [1.807, 2.05) is 25.1 Å². The van der Waals surface area contributed by atoms with Crippen LogP contribution in [-0.2, 0) is 16.1 Å².